The second-order valence-corrected chi connectivity index (χ2v) is 7.62. The van der Waals surface area contributed by atoms with Crippen molar-refractivity contribution in [3.05, 3.63) is 54.1 Å². The number of benzene rings is 2. The number of carbonyl (C=O) groups excluding carboxylic acids is 2. The molecule has 0 aliphatic carbocycles. The molecule has 0 N–H and O–H groups in total. The largest absolute Gasteiger partial charge is 0.494 e. The van der Waals surface area contributed by atoms with E-state index in [0.717, 1.165) is 4.31 Å². The third-order valence-electron chi connectivity index (χ3n) is 3.88. The van der Waals surface area contributed by atoms with Crippen LogP contribution in [0.25, 0.3) is 0 Å². The number of methoxy groups -OCH3 is 1. The van der Waals surface area contributed by atoms with Gasteiger partial charge in [-0.15, -0.1) is 0 Å². The highest BCUT2D eigenvalue weighted by molar-refractivity contribution is 7.92. The Balaban J connectivity index is 2.43. The van der Waals surface area contributed by atoms with Gasteiger partial charge in [-0.25, -0.2) is 13.2 Å². The van der Waals surface area contributed by atoms with Crippen molar-refractivity contribution in [2.75, 3.05) is 31.2 Å². The standard InChI is InChI=1S/C20H23NO7S/c1-4-27-17-10-12-18(13-11-17)29(24,25)21(14-19(22)28-5-2)16-8-6-15(7-9-16)20(23)26-3/h6-13H,4-5,14H2,1-3H3. The van der Waals surface area contributed by atoms with Crippen LogP contribution in [0.5, 0.6) is 5.75 Å². The maximum Gasteiger partial charge on any atom is 0.337 e. The van der Waals surface area contributed by atoms with E-state index >= 15 is 0 Å². The summed E-state index contributed by atoms with van der Waals surface area (Å²) >= 11 is 0. The number of carbonyl (C=O) groups is 2. The van der Waals surface area contributed by atoms with Crippen LogP contribution >= 0.6 is 0 Å². The van der Waals surface area contributed by atoms with Gasteiger partial charge >= 0.3 is 11.9 Å². The topological polar surface area (TPSA) is 99.2 Å². The zero-order chi connectivity index (χ0) is 21.4. The van der Waals surface area contributed by atoms with Crippen molar-refractivity contribution in [3.63, 3.8) is 0 Å². The molecule has 9 heteroatoms. The van der Waals surface area contributed by atoms with Crippen molar-refractivity contribution in [1.29, 1.82) is 0 Å². The van der Waals surface area contributed by atoms with Crippen molar-refractivity contribution < 1.29 is 32.2 Å². The van der Waals surface area contributed by atoms with Gasteiger partial charge in [0.25, 0.3) is 10.0 Å². The summed E-state index contributed by atoms with van der Waals surface area (Å²) in [6, 6.07) is 11.6. The molecule has 2 aromatic rings. The van der Waals surface area contributed by atoms with E-state index in [9.17, 15) is 18.0 Å². The van der Waals surface area contributed by atoms with Gasteiger partial charge in [-0.2, -0.15) is 0 Å². The minimum absolute atomic E-state index is 0.0118. The lowest BCUT2D eigenvalue weighted by Crippen LogP contribution is -2.36. The maximum absolute atomic E-state index is 13.2. The summed E-state index contributed by atoms with van der Waals surface area (Å²) in [7, 11) is -2.83. The molecule has 0 spiro atoms. The number of nitrogens with zero attached hydrogens (tertiary/aromatic N) is 1. The Bertz CT molecular complexity index is 938. The number of rotatable bonds is 9. The Morgan fingerprint density at radius 2 is 1.55 bits per heavy atom. The Morgan fingerprint density at radius 3 is 2.07 bits per heavy atom. The molecule has 156 valence electrons. The molecule has 0 radical (unpaired) electrons. The van der Waals surface area contributed by atoms with Gasteiger partial charge in [-0.1, -0.05) is 0 Å². The van der Waals surface area contributed by atoms with Crippen molar-refractivity contribution in [2.45, 2.75) is 18.7 Å². The van der Waals surface area contributed by atoms with Crippen LogP contribution < -0.4 is 9.04 Å². The van der Waals surface area contributed by atoms with Gasteiger partial charge < -0.3 is 14.2 Å². The van der Waals surface area contributed by atoms with Gasteiger partial charge in [0.1, 0.15) is 12.3 Å². The first-order valence-electron chi connectivity index (χ1n) is 8.93. The second-order valence-electron chi connectivity index (χ2n) is 5.76. The fraction of sp³-hybridized carbons (Fsp3) is 0.300. The molecule has 29 heavy (non-hydrogen) atoms. The van der Waals surface area contributed by atoms with Crippen molar-refractivity contribution in [2.24, 2.45) is 0 Å². The molecule has 0 fully saturated rings. The highest BCUT2D eigenvalue weighted by Gasteiger charge is 2.28. The van der Waals surface area contributed by atoms with Crippen LogP contribution in [0, 0.1) is 0 Å². The average Bonchev–Trinajstić information content (AvgIpc) is 2.72. The van der Waals surface area contributed by atoms with E-state index in [2.05, 4.69) is 4.74 Å². The van der Waals surface area contributed by atoms with Crippen LogP contribution in [0.4, 0.5) is 5.69 Å². The van der Waals surface area contributed by atoms with Crippen LogP contribution in [-0.4, -0.2) is 47.2 Å². The van der Waals surface area contributed by atoms with Gasteiger partial charge in [0.2, 0.25) is 0 Å². The fourth-order valence-electron chi connectivity index (χ4n) is 2.52. The summed E-state index contributed by atoms with van der Waals surface area (Å²) in [5.41, 5.74) is 0.463. The number of sulfonamides is 1. The van der Waals surface area contributed by atoms with Crippen molar-refractivity contribution in [1.82, 2.24) is 0 Å². The normalized spacial score (nSPS) is 10.9. The molecule has 0 atom stereocenters. The first-order valence-corrected chi connectivity index (χ1v) is 10.4. The Morgan fingerprint density at radius 1 is 0.931 bits per heavy atom. The minimum atomic E-state index is -4.08. The summed E-state index contributed by atoms with van der Waals surface area (Å²) in [5, 5.41) is 0. The molecule has 0 aromatic heterocycles. The molecule has 0 saturated heterocycles. The molecule has 0 saturated carbocycles. The van der Waals surface area contributed by atoms with Crippen LogP contribution in [0.2, 0.25) is 0 Å². The zero-order valence-corrected chi connectivity index (χ0v) is 17.3. The van der Waals surface area contributed by atoms with Crippen LogP contribution in [0.15, 0.2) is 53.4 Å². The van der Waals surface area contributed by atoms with Crippen molar-refractivity contribution in [3.8, 4) is 5.75 Å². The van der Waals surface area contributed by atoms with Crippen molar-refractivity contribution >= 4 is 27.6 Å². The fourth-order valence-corrected chi connectivity index (χ4v) is 3.93. The first kappa shape index (κ1) is 22.2. The second kappa shape index (κ2) is 9.92. The highest BCUT2D eigenvalue weighted by Crippen LogP contribution is 2.26. The first-order chi connectivity index (χ1) is 13.8. The molecule has 0 amide bonds. The lowest BCUT2D eigenvalue weighted by Gasteiger charge is -2.24. The van der Waals surface area contributed by atoms with Crippen LogP contribution in [-0.2, 0) is 24.3 Å². The predicted molar refractivity (Wildman–Crippen MR) is 107 cm³/mol. The van der Waals surface area contributed by atoms with Gasteiger partial charge in [0, 0.05) is 0 Å². The molecule has 2 rings (SSSR count). The Hall–Kier alpha value is -3.07. The van der Waals surface area contributed by atoms with Gasteiger partial charge in [-0.05, 0) is 62.4 Å². The summed E-state index contributed by atoms with van der Waals surface area (Å²) < 4.78 is 42.2. The SMILES string of the molecule is CCOC(=O)CN(c1ccc(C(=O)OC)cc1)S(=O)(=O)c1ccc(OCC)cc1. The maximum atomic E-state index is 13.2. The smallest absolute Gasteiger partial charge is 0.337 e. The lowest BCUT2D eigenvalue weighted by molar-refractivity contribution is -0.141. The quantitative estimate of drug-likeness (QED) is 0.574. The van der Waals surface area contributed by atoms with E-state index in [0.29, 0.717) is 12.4 Å². The molecular formula is C20H23NO7S. The summed E-state index contributed by atoms with van der Waals surface area (Å²) in [6.07, 6.45) is 0. The zero-order valence-electron chi connectivity index (χ0n) is 16.5. The molecule has 2 aromatic carbocycles. The van der Waals surface area contributed by atoms with Crippen LogP contribution in [0.1, 0.15) is 24.2 Å². The lowest BCUT2D eigenvalue weighted by atomic mass is 10.2. The van der Waals surface area contributed by atoms with E-state index in [-0.39, 0.29) is 22.8 Å². The Labute approximate surface area is 170 Å². The van der Waals surface area contributed by atoms with Gasteiger partial charge in [0.15, 0.2) is 0 Å². The van der Waals surface area contributed by atoms with E-state index in [1.165, 1.54) is 43.5 Å². The highest BCUT2D eigenvalue weighted by atomic mass is 32.2. The van der Waals surface area contributed by atoms with E-state index in [4.69, 9.17) is 9.47 Å². The predicted octanol–water partition coefficient (Wildman–Crippen LogP) is 2.63. The monoisotopic (exact) mass is 421 g/mol. The van der Waals surface area contributed by atoms with E-state index in [1.807, 2.05) is 6.92 Å². The average molecular weight is 421 g/mol. The summed E-state index contributed by atoms with van der Waals surface area (Å²) in [5.74, 6) is -0.715. The number of hydrogen-bond donors (Lipinski definition) is 0. The molecule has 0 aliphatic rings. The number of hydrogen-bond acceptors (Lipinski definition) is 7. The minimum Gasteiger partial charge on any atom is -0.494 e. The molecular weight excluding hydrogens is 398 g/mol. The summed E-state index contributed by atoms with van der Waals surface area (Å²) in [4.78, 5) is 23.7. The molecule has 0 heterocycles. The summed E-state index contributed by atoms with van der Waals surface area (Å²) in [6.45, 7) is 3.52. The van der Waals surface area contributed by atoms with Crippen LogP contribution in [0.3, 0.4) is 0 Å². The van der Waals surface area contributed by atoms with Gasteiger partial charge in [0.05, 0.1) is 36.5 Å². The molecule has 0 bridgehead atoms. The van der Waals surface area contributed by atoms with E-state index < -0.39 is 28.5 Å². The third kappa shape index (κ3) is 5.47. The Kier molecular flexibility index (Phi) is 7.60. The third-order valence-corrected chi connectivity index (χ3v) is 5.67. The molecule has 0 aliphatic heterocycles. The molecule has 8 nitrogen and oxygen atoms in total. The molecule has 0 unspecified atom stereocenters. The number of esters is 2. The number of anilines is 1. The van der Waals surface area contributed by atoms with E-state index in [1.54, 1.807) is 19.1 Å². The number of ether oxygens (including phenoxy) is 3. The van der Waals surface area contributed by atoms with Gasteiger partial charge in [-0.3, -0.25) is 9.10 Å².